The molecule has 0 saturated carbocycles. The predicted octanol–water partition coefficient (Wildman–Crippen LogP) is 13.4. The molecule has 3 unspecified atom stereocenters. The Labute approximate surface area is 363 Å². The number of aliphatic hydroxyl groups excluding tert-OH is 1. The van der Waals surface area contributed by atoms with E-state index in [0.717, 1.165) is 57.8 Å². The standard InChI is InChI=1S/C50H89N2O6P/c1-6-8-10-12-14-16-18-20-22-24-26-28-30-32-34-36-38-40-42-44-50(54)51-48(47-58-59(55,56)57-46-45-52(3,4)5)49(53)43-41-39-37-35-33-31-29-27-25-23-21-19-17-15-13-11-9-7-2/h8,10,14,16,20,22,26,28,32,34,38,40-41,43,48-49,53H,6-7,9,11-13,15,17-19,21,23-25,27,29-31,33,35-37,39,42,44-47H2,1-5H3,(H-,51,54,55,56)/p+1/b10-8-,16-14-,22-20-,28-26-,34-32-,40-38-,43-41+. The molecule has 1 amide bonds. The molecular weight excluding hydrogens is 756 g/mol. The molecule has 9 heteroatoms. The fourth-order valence-corrected chi connectivity index (χ4v) is 6.92. The van der Waals surface area contributed by atoms with Crippen LogP contribution in [0.4, 0.5) is 0 Å². The summed E-state index contributed by atoms with van der Waals surface area (Å²) in [6, 6.07) is -0.891. The number of phosphoric acid groups is 1. The van der Waals surface area contributed by atoms with E-state index in [0.29, 0.717) is 17.4 Å². The molecule has 59 heavy (non-hydrogen) atoms. The number of rotatable bonds is 41. The van der Waals surface area contributed by atoms with E-state index in [1.165, 1.54) is 89.9 Å². The van der Waals surface area contributed by atoms with Crippen molar-refractivity contribution >= 4 is 13.7 Å². The Morgan fingerprint density at radius 1 is 0.593 bits per heavy atom. The number of likely N-dealkylation sites (N-methyl/N-ethyl adjacent to an activating group) is 1. The molecule has 0 spiro atoms. The van der Waals surface area contributed by atoms with Gasteiger partial charge in [-0.05, 0) is 57.8 Å². The number of allylic oxidation sites excluding steroid dienone is 13. The van der Waals surface area contributed by atoms with Crippen molar-refractivity contribution in [2.75, 3.05) is 40.9 Å². The van der Waals surface area contributed by atoms with E-state index in [-0.39, 0.29) is 25.5 Å². The lowest BCUT2D eigenvalue weighted by molar-refractivity contribution is -0.870. The Bertz CT molecular complexity index is 1230. The van der Waals surface area contributed by atoms with Crippen LogP contribution in [0.2, 0.25) is 0 Å². The zero-order valence-corrected chi connectivity index (χ0v) is 39.4. The van der Waals surface area contributed by atoms with Gasteiger partial charge < -0.3 is 19.8 Å². The zero-order valence-electron chi connectivity index (χ0n) is 38.5. The van der Waals surface area contributed by atoms with Crippen molar-refractivity contribution in [3.8, 4) is 0 Å². The number of carbonyl (C=O) groups excluding carboxylic acids is 1. The van der Waals surface area contributed by atoms with E-state index in [4.69, 9.17) is 9.05 Å². The zero-order chi connectivity index (χ0) is 43.6. The first-order chi connectivity index (χ1) is 28.5. The number of nitrogens with zero attached hydrogens (tertiary/aromatic N) is 1. The topological polar surface area (TPSA) is 105 Å². The van der Waals surface area contributed by atoms with Crippen molar-refractivity contribution in [2.45, 2.75) is 187 Å². The van der Waals surface area contributed by atoms with Gasteiger partial charge in [0.1, 0.15) is 13.2 Å². The second-order valence-electron chi connectivity index (χ2n) is 16.8. The summed E-state index contributed by atoms with van der Waals surface area (Å²) in [5.41, 5.74) is 0. The molecule has 0 fully saturated rings. The third kappa shape index (κ3) is 43.6. The Morgan fingerprint density at radius 2 is 1.02 bits per heavy atom. The summed E-state index contributed by atoms with van der Waals surface area (Å²) < 4.78 is 23.5. The van der Waals surface area contributed by atoms with Gasteiger partial charge in [0, 0.05) is 6.42 Å². The van der Waals surface area contributed by atoms with Crippen LogP contribution in [-0.4, -0.2) is 73.4 Å². The number of aliphatic hydroxyl groups is 1. The average Bonchev–Trinajstić information content (AvgIpc) is 3.19. The molecule has 3 N–H and O–H groups in total. The van der Waals surface area contributed by atoms with Crippen molar-refractivity contribution in [3.05, 3.63) is 85.1 Å². The van der Waals surface area contributed by atoms with Crippen LogP contribution in [0, 0.1) is 0 Å². The molecule has 0 aliphatic heterocycles. The number of phosphoric ester groups is 1. The van der Waals surface area contributed by atoms with Gasteiger partial charge in [0.05, 0.1) is 39.9 Å². The number of hydrogen-bond donors (Lipinski definition) is 3. The van der Waals surface area contributed by atoms with Crippen LogP contribution in [0.5, 0.6) is 0 Å². The Balaban J connectivity index is 4.54. The normalized spacial score (nSPS) is 15.0. The highest BCUT2D eigenvalue weighted by Gasteiger charge is 2.27. The number of carbonyl (C=O) groups is 1. The monoisotopic (exact) mass is 846 g/mol. The van der Waals surface area contributed by atoms with Gasteiger partial charge in [-0.2, -0.15) is 0 Å². The van der Waals surface area contributed by atoms with E-state index in [2.05, 4.69) is 79.9 Å². The molecule has 0 heterocycles. The van der Waals surface area contributed by atoms with Gasteiger partial charge in [0.15, 0.2) is 0 Å². The Kier molecular flexibility index (Phi) is 39.4. The lowest BCUT2D eigenvalue weighted by Gasteiger charge is -2.25. The molecule has 0 bridgehead atoms. The first-order valence-electron chi connectivity index (χ1n) is 23.5. The molecule has 0 rings (SSSR count). The number of nitrogens with one attached hydrogen (secondary N) is 1. The maximum atomic E-state index is 12.9. The fraction of sp³-hybridized carbons (Fsp3) is 0.700. The van der Waals surface area contributed by atoms with Gasteiger partial charge in [-0.1, -0.05) is 195 Å². The number of unbranched alkanes of at least 4 members (excludes halogenated alkanes) is 16. The Hall–Kier alpha value is -2.32. The fourth-order valence-electron chi connectivity index (χ4n) is 6.18. The predicted molar refractivity (Wildman–Crippen MR) is 253 cm³/mol. The van der Waals surface area contributed by atoms with Gasteiger partial charge in [-0.3, -0.25) is 13.8 Å². The molecule has 8 nitrogen and oxygen atoms in total. The molecule has 0 radical (unpaired) electrons. The van der Waals surface area contributed by atoms with E-state index < -0.39 is 20.0 Å². The average molecular weight is 846 g/mol. The minimum absolute atomic E-state index is 0.0437. The minimum atomic E-state index is -4.36. The van der Waals surface area contributed by atoms with E-state index in [1.807, 2.05) is 39.4 Å². The van der Waals surface area contributed by atoms with E-state index >= 15 is 0 Å². The number of hydrogen-bond acceptors (Lipinski definition) is 5. The molecule has 0 aromatic rings. The second-order valence-corrected chi connectivity index (χ2v) is 18.2. The molecule has 0 aliphatic rings. The summed E-state index contributed by atoms with van der Waals surface area (Å²) >= 11 is 0. The minimum Gasteiger partial charge on any atom is -0.387 e. The van der Waals surface area contributed by atoms with E-state index in [1.54, 1.807) is 6.08 Å². The lowest BCUT2D eigenvalue weighted by atomic mass is 10.0. The summed E-state index contributed by atoms with van der Waals surface area (Å²) in [5, 5.41) is 13.8. The van der Waals surface area contributed by atoms with Gasteiger partial charge in [-0.25, -0.2) is 4.57 Å². The Morgan fingerprint density at radius 3 is 1.46 bits per heavy atom. The molecule has 3 atom stereocenters. The summed E-state index contributed by atoms with van der Waals surface area (Å²) in [4.78, 5) is 23.1. The van der Waals surface area contributed by atoms with Crippen LogP contribution in [0.15, 0.2) is 85.1 Å². The lowest BCUT2D eigenvalue weighted by Crippen LogP contribution is -2.45. The molecule has 0 saturated heterocycles. The first kappa shape index (κ1) is 56.7. The van der Waals surface area contributed by atoms with Gasteiger partial charge in [0.2, 0.25) is 5.91 Å². The smallest absolute Gasteiger partial charge is 0.387 e. The van der Waals surface area contributed by atoms with Crippen molar-refractivity contribution in [1.29, 1.82) is 0 Å². The van der Waals surface area contributed by atoms with Crippen LogP contribution < -0.4 is 5.32 Å². The third-order valence-electron chi connectivity index (χ3n) is 9.88. The highest BCUT2D eigenvalue weighted by Crippen LogP contribution is 2.43. The third-order valence-corrected chi connectivity index (χ3v) is 10.9. The molecule has 0 aromatic carbocycles. The highest BCUT2D eigenvalue weighted by atomic mass is 31.2. The van der Waals surface area contributed by atoms with E-state index in [9.17, 15) is 19.4 Å². The molecule has 340 valence electrons. The van der Waals surface area contributed by atoms with Gasteiger partial charge in [0.25, 0.3) is 0 Å². The van der Waals surface area contributed by atoms with Gasteiger partial charge in [-0.15, -0.1) is 0 Å². The van der Waals surface area contributed by atoms with Crippen LogP contribution in [0.1, 0.15) is 174 Å². The van der Waals surface area contributed by atoms with Crippen LogP contribution >= 0.6 is 7.82 Å². The van der Waals surface area contributed by atoms with Crippen LogP contribution in [0.25, 0.3) is 0 Å². The van der Waals surface area contributed by atoms with Gasteiger partial charge >= 0.3 is 7.82 Å². The van der Waals surface area contributed by atoms with Crippen molar-refractivity contribution in [1.82, 2.24) is 5.32 Å². The summed E-state index contributed by atoms with van der Waals surface area (Å²) in [6.07, 6.45) is 56.7. The summed E-state index contributed by atoms with van der Waals surface area (Å²) in [6.45, 7) is 4.63. The number of quaternary nitrogens is 1. The molecular formula is C50H90N2O6P+. The second kappa shape index (κ2) is 41.1. The van der Waals surface area contributed by atoms with Crippen molar-refractivity contribution in [2.24, 2.45) is 0 Å². The summed E-state index contributed by atoms with van der Waals surface area (Å²) in [7, 11) is 1.51. The quantitative estimate of drug-likeness (QED) is 0.0245. The number of amides is 1. The van der Waals surface area contributed by atoms with Crippen LogP contribution in [-0.2, 0) is 18.4 Å². The SMILES string of the molecule is CC/C=C\C/C=C\C/C=C\C/C=C\C/C=C\C/C=C\CCC(=O)NC(COP(=O)(O)OCC[N+](C)(C)C)C(O)/C=C/CCCCCCCCCCCCCCCCCC. The first-order valence-corrected chi connectivity index (χ1v) is 25.0. The van der Waals surface area contributed by atoms with Crippen molar-refractivity contribution in [3.63, 3.8) is 0 Å². The maximum Gasteiger partial charge on any atom is 0.472 e. The molecule has 0 aliphatic carbocycles. The van der Waals surface area contributed by atoms with Crippen molar-refractivity contribution < 1.29 is 32.9 Å². The molecule has 0 aromatic heterocycles. The summed E-state index contributed by atoms with van der Waals surface area (Å²) in [5.74, 6) is -0.262. The van der Waals surface area contributed by atoms with Crippen LogP contribution in [0.3, 0.4) is 0 Å². The maximum absolute atomic E-state index is 12.9. The highest BCUT2D eigenvalue weighted by molar-refractivity contribution is 7.47. The largest absolute Gasteiger partial charge is 0.472 e.